The highest BCUT2D eigenvalue weighted by Crippen LogP contribution is 2.24. The number of amides is 1. The van der Waals surface area contributed by atoms with Gasteiger partial charge in [-0.15, -0.1) is 0 Å². The number of piperazine rings is 1. The van der Waals surface area contributed by atoms with Crippen LogP contribution >= 0.6 is 0 Å². The molecule has 3 rings (SSSR count). The Kier molecular flexibility index (Phi) is 3.28. The number of likely N-dealkylation sites (N-methyl/N-ethyl adjacent to an activating group) is 1. The van der Waals surface area contributed by atoms with E-state index < -0.39 is 0 Å². The van der Waals surface area contributed by atoms with Crippen LogP contribution in [-0.4, -0.2) is 53.9 Å². The average molecular weight is 270 g/mol. The lowest BCUT2D eigenvalue weighted by atomic mass is 10.1. The third-order valence-electron chi connectivity index (χ3n) is 3.82. The number of carbonyl (C=O) groups excluding carboxylic acids is 1. The van der Waals surface area contributed by atoms with Gasteiger partial charge in [-0.25, -0.2) is 0 Å². The van der Waals surface area contributed by atoms with Gasteiger partial charge < -0.3 is 15.5 Å². The number of fused-ring (bicyclic) bond motifs is 1. The van der Waals surface area contributed by atoms with Crippen molar-refractivity contribution in [3.8, 4) is 0 Å². The molecule has 0 saturated carbocycles. The van der Waals surface area contributed by atoms with Gasteiger partial charge in [0.1, 0.15) is 5.69 Å². The maximum absolute atomic E-state index is 12.7. The van der Waals surface area contributed by atoms with Gasteiger partial charge in [0, 0.05) is 43.4 Å². The number of nitrogens with zero attached hydrogens (tertiary/aromatic N) is 3. The van der Waals surface area contributed by atoms with Gasteiger partial charge in [0.15, 0.2) is 0 Å². The summed E-state index contributed by atoms with van der Waals surface area (Å²) in [5.74, 6) is -0.0263. The quantitative estimate of drug-likeness (QED) is 0.791. The summed E-state index contributed by atoms with van der Waals surface area (Å²) in [5, 5.41) is 1.72. The normalized spacial score (nSPS) is 16.6. The van der Waals surface area contributed by atoms with E-state index in [1.54, 1.807) is 6.20 Å². The molecule has 1 aliphatic rings. The fourth-order valence-corrected chi connectivity index (χ4v) is 2.58. The molecule has 1 fully saturated rings. The highest BCUT2D eigenvalue weighted by atomic mass is 16.2. The van der Waals surface area contributed by atoms with Gasteiger partial charge in [-0.1, -0.05) is 12.1 Å². The minimum absolute atomic E-state index is 0.0263. The van der Waals surface area contributed by atoms with Crippen molar-refractivity contribution < 1.29 is 4.79 Å². The molecule has 2 aromatic rings. The monoisotopic (exact) mass is 270 g/mol. The molecule has 0 radical (unpaired) electrons. The molecule has 1 saturated heterocycles. The Labute approximate surface area is 118 Å². The van der Waals surface area contributed by atoms with E-state index in [2.05, 4.69) is 16.9 Å². The van der Waals surface area contributed by atoms with E-state index in [0.717, 1.165) is 37.0 Å². The summed E-state index contributed by atoms with van der Waals surface area (Å²) in [4.78, 5) is 21.0. The first-order chi connectivity index (χ1) is 9.66. The molecule has 104 valence electrons. The SMILES string of the molecule is CN1CCN(C(=O)c2nccc3cccc(N)c23)CC1. The molecule has 5 heteroatoms. The largest absolute Gasteiger partial charge is 0.398 e. The van der Waals surface area contributed by atoms with Crippen LogP contribution in [0.3, 0.4) is 0 Å². The Balaban J connectivity index is 2.00. The molecule has 1 aromatic heterocycles. The van der Waals surface area contributed by atoms with Crippen LogP contribution in [0.25, 0.3) is 10.8 Å². The minimum Gasteiger partial charge on any atom is -0.398 e. The van der Waals surface area contributed by atoms with E-state index >= 15 is 0 Å². The predicted octanol–water partition coefficient (Wildman–Crippen LogP) is 1.20. The molecule has 0 aliphatic carbocycles. The van der Waals surface area contributed by atoms with Crippen LogP contribution < -0.4 is 5.73 Å². The fourth-order valence-electron chi connectivity index (χ4n) is 2.58. The molecular weight excluding hydrogens is 252 g/mol. The van der Waals surface area contributed by atoms with Crippen molar-refractivity contribution in [2.24, 2.45) is 0 Å². The first-order valence-electron chi connectivity index (χ1n) is 6.78. The van der Waals surface area contributed by atoms with Gasteiger partial charge >= 0.3 is 0 Å². The van der Waals surface area contributed by atoms with Crippen molar-refractivity contribution in [2.45, 2.75) is 0 Å². The number of hydrogen-bond acceptors (Lipinski definition) is 4. The van der Waals surface area contributed by atoms with Gasteiger partial charge in [-0.2, -0.15) is 0 Å². The van der Waals surface area contributed by atoms with Crippen molar-refractivity contribution >= 4 is 22.4 Å². The second-order valence-corrected chi connectivity index (χ2v) is 5.20. The first kappa shape index (κ1) is 12.9. The number of hydrogen-bond donors (Lipinski definition) is 1. The number of pyridine rings is 1. The van der Waals surface area contributed by atoms with Crippen LogP contribution in [0.2, 0.25) is 0 Å². The molecule has 20 heavy (non-hydrogen) atoms. The van der Waals surface area contributed by atoms with Crippen molar-refractivity contribution in [3.05, 3.63) is 36.2 Å². The molecule has 2 N–H and O–H groups in total. The van der Waals surface area contributed by atoms with Crippen molar-refractivity contribution in [1.29, 1.82) is 0 Å². The zero-order chi connectivity index (χ0) is 14.1. The lowest BCUT2D eigenvalue weighted by Gasteiger charge is -2.32. The summed E-state index contributed by atoms with van der Waals surface area (Å²) in [5.41, 5.74) is 7.10. The maximum atomic E-state index is 12.7. The minimum atomic E-state index is -0.0263. The summed E-state index contributed by atoms with van der Waals surface area (Å²) in [6, 6.07) is 7.53. The second kappa shape index (κ2) is 5.09. The van der Waals surface area contributed by atoms with Gasteiger partial charge in [0.25, 0.3) is 5.91 Å². The van der Waals surface area contributed by atoms with E-state index in [1.807, 2.05) is 29.2 Å². The highest BCUT2D eigenvalue weighted by molar-refractivity contribution is 6.09. The van der Waals surface area contributed by atoms with Gasteiger partial charge in [0.2, 0.25) is 0 Å². The zero-order valence-electron chi connectivity index (χ0n) is 11.5. The Morgan fingerprint density at radius 1 is 1.20 bits per heavy atom. The number of carbonyl (C=O) groups is 1. The molecule has 1 aliphatic heterocycles. The number of benzene rings is 1. The Bertz CT molecular complexity index is 642. The van der Waals surface area contributed by atoms with Crippen molar-refractivity contribution in [3.63, 3.8) is 0 Å². The standard InChI is InChI=1S/C15H18N4O/c1-18-7-9-19(10-8-18)15(20)14-13-11(5-6-17-14)3-2-4-12(13)16/h2-6H,7-10,16H2,1H3. The number of nitrogen functional groups attached to an aromatic ring is 1. The molecule has 0 unspecified atom stereocenters. The highest BCUT2D eigenvalue weighted by Gasteiger charge is 2.23. The lowest BCUT2D eigenvalue weighted by molar-refractivity contribution is 0.0660. The summed E-state index contributed by atoms with van der Waals surface area (Å²) < 4.78 is 0. The van der Waals surface area contributed by atoms with E-state index in [0.29, 0.717) is 11.4 Å². The summed E-state index contributed by atoms with van der Waals surface area (Å²) in [7, 11) is 2.07. The molecule has 5 nitrogen and oxygen atoms in total. The van der Waals surface area contributed by atoms with Crippen LogP contribution in [-0.2, 0) is 0 Å². The van der Waals surface area contributed by atoms with Crippen molar-refractivity contribution in [2.75, 3.05) is 39.0 Å². The predicted molar refractivity (Wildman–Crippen MR) is 79.6 cm³/mol. The summed E-state index contributed by atoms with van der Waals surface area (Å²) in [6.07, 6.45) is 1.67. The number of anilines is 1. The van der Waals surface area contributed by atoms with Crippen LogP contribution in [0, 0.1) is 0 Å². The Hall–Kier alpha value is -2.14. The molecule has 0 bridgehead atoms. The van der Waals surface area contributed by atoms with Gasteiger partial charge in [-0.05, 0) is 24.6 Å². The van der Waals surface area contributed by atoms with Crippen molar-refractivity contribution in [1.82, 2.24) is 14.8 Å². The second-order valence-electron chi connectivity index (χ2n) is 5.20. The average Bonchev–Trinajstić information content (AvgIpc) is 2.47. The Morgan fingerprint density at radius 3 is 2.70 bits per heavy atom. The maximum Gasteiger partial charge on any atom is 0.273 e. The topological polar surface area (TPSA) is 62.5 Å². The summed E-state index contributed by atoms with van der Waals surface area (Å²) >= 11 is 0. The van der Waals surface area contributed by atoms with Crippen LogP contribution in [0.15, 0.2) is 30.5 Å². The molecule has 1 amide bonds. The van der Waals surface area contributed by atoms with E-state index in [-0.39, 0.29) is 5.91 Å². The molecule has 0 atom stereocenters. The lowest BCUT2D eigenvalue weighted by Crippen LogP contribution is -2.47. The smallest absolute Gasteiger partial charge is 0.273 e. The Morgan fingerprint density at radius 2 is 1.95 bits per heavy atom. The van der Waals surface area contributed by atoms with E-state index in [9.17, 15) is 4.79 Å². The number of rotatable bonds is 1. The molecule has 1 aromatic carbocycles. The first-order valence-corrected chi connectivity index (χ1v) is 6.78. The molecule has 0 spiro atoms. The number of nitrogens with two attached hydrogens (primary N) is 1. The number of aromatic nitrogens is 1. The zero-order valence-corrected chi connectivity index (χ0v) is 11.5. The molecular formula is C15H18N4O. The third kappa shape index (κ3) is 2.20. The van der Waals surface area contributed by atoms with Gasteiger partial charge in [-0.3, -0.25) is 9.78 Å². The van der Waals surface area contributed by atoms with E-state index in [4.69, 9.17) is 5.73 Å². The van der Waals surface area contributed by atoms with Crippen LogP contribution in [0.4, 0.5) is 5.69 Å². The summed E-state index contributed by atoms with van der Waals surface area (Å²) in [6.45, 7) is 3.26. The fraction of sp³-hybridized carbons (Fsp3) is 0.333. The van der Waals surface area contributed by atoms with E-state index in [1.165, 1.54) is 0 Å². The van der Waals surface area contributed by atoms with Crippen LogP contribution in [0.5, 0.6) is 0 Å². The molecule has 2 heterocycles. The van der Waals surface area contributed by atoms with Crippen LogP contribution in [0.1, 0.15) is 10.5 Å². The van der Waals surface area contributed by atoms with Gasteiger partial charge in [0.05, 0.1) is 0 Å². The third-order valence-corrected chi connectivity index (χ3v) is 3.82.